The first-order valence-corrected chi connectivity index (χ1v) is 5.46. The van der Waals surface area contributed by atoms with Crippen LogP contribution in [0.25, 0.3) is 0 Å². The Balaban J connectivity index is 2.74. The number of aromatic nitrogens is 3. The van der Waals surface area contributed by atoms with Crippen LogP contribution < -0.4 is 0 Å². The Bertz CT molecular complexity index is 198. The van der Waals surface area contributed by atoms with Gasteiger partial charge in [0.05, 0.1) is 0 Å². The van der Waals surface area contributed by atoms with Gasteiger partial charge in [-0.05, 0) is 11.5 Å². The van der Waals surface area contributed by atoms with E-state index in [1.165, 1.54) is 0 Å². The zero-order chi connectivity index (χ0) is 8.10. The number of rotatable bonds is 3. The van der Waals surface area contributed by atoms with Gasteiger partial charge in [0.15, 0.2) is 5.16 Å². The maximum absolute atomic E-state index is 4.13. The van der Waals surface area contributed by atoms with Crippen LogP contribution in [-0.2, 0) is 0 Å². The summed E-state index contributed by atoms with van der Waals surface area (Å²) in [7, 11) is -0.114. The summed E-state index contributed by atoms with van der Waals surface area (Å²) >= 11 is 0. The van der Waals surface area contributed by atoms with Crippen molar-refractivity contribution in [3.05, 3.63) is 12.7 Å². The molecule has 3 nitrogen and oxygen atoms in total. The highest BCUT2D eigenvalue weighted by molar-refractivity contribution is 8.16. The first-order chi connectivity index (χ1) is 5.38. The summed E-state index contributed by atoms with van der Waals surface area (Å²) in [4.78, 5) is 12.0. The van der Waals surface area contributed by atoms with Crippen LogP contribution in [0, 0.1) is 0 Å². The van der Waals surface area contributed by atoms with E-state index in [0.29, 0.717) is 0 Å². The Morgan fingerprint density at radius 2 is 1.73 bits per heavy atom. The molecule has 0 atom stereocenters. The van der Waals surface area contributed by atoms with Gasteiger partial charge in [-0.25, -0.2) is 15.0 Å². The Labute approximate surface area is 69.6 Å². The Morgan fingerprint density at radius 3 is 2.18 bits per heavy atom. The monoisotopic (exact) mass is 171 g/mol. The highest BCUT2D eigenvalue weighted by Gasteiger charge is 2.02. The number of nitrogens with zero attached hydrogens (tertiary/aromatic N) is 3. The quantitative estimate of drug-likeness (QED) is 0.696. The van der Waals surface area contributed by atoms with Crippen molar-refractivity contribution in [2.75, 3.05) is 11.5 Å². The lowest BCUT2D eigenvalue weighted by atomic mass is 11.0. The van der Waals surface area contributed by atoms with Gasteiger partial charge in [-0.15, -0.1) is 0 Å². The molecule has 4 heteroatoms. The maximum Gasteiger partial charge on any atom is 0.170 e. The van der Waals surface area contributed by atoms with Crippen LogP contribution in [0.1, 0.15) is 13.8 Å². The fraction of sp³-hybridized carbons (Fsp3) is 0.571. The second-order valence-electron chi connectivity index (χ2n) is 2.11. The molecule has 0 spiro atoms. The molecule has 1 aromatic heterocycles. The summed E-state index contributed by atoms with van der Waals surface area (Å²) in [6, 6.07) is 0. The maximum atomic E-state index is 4.13. The average Bonchev–Trinajstić information content (AvgIpc) is 2.09. The van der Waals surface area contributed by atoms with Crippen molar-refractivity contribution < 1.29 is 0 Å². The van der Waals surface area contributed by atoms with Gasteiger partial charge in [0, 0.05) is 0 Å². The third kappa shape index (κ3) is 2.15. The second-order valence-corrected chi connectivity index (χ2v) is 4.86. The van der Waals surface area contributed by atoms with E-state index in [1.54, 1.807) is 12.7 Å². The SMILES string of the molecule is CC[SH](CC)c1ncncn1. The molecule has 62 valence electrons. The first-order valence-electron chi connectivity index (χ1n) is 3.75. The van der Waals surface area contributed by atoms with Crippen LogP contribution in [0.3, 0.4) is 0 Å². The molecule has 0 N–H and O–H groups in total. The highest BCUT2D eigenvalue weighted by atomic mass is 32.2. The van der Waals surface area contributed by atoms with E-state index in [1.807, 2.05) is 0 Å². The van der Waals surface area contributed by atoms with E-state index in [4.69, 9.17) is 0 Å². The normalized spacial score (nSPS) is 11.3. The molecule has 0 aliphatic heterocycles. The molecule has 0 saturated carbocycles. The summed E-state index contributed by atoms with van der Waals surface area (Å²) < 4.78 is 0. The fourth-order valence-corrected chi connectivity index (χ4v) is 2.35. The van der Waals surface area contributed by atoms with Crippen LogP contribution in [0.5, 0.6) is 0 Å². The lowest BCUT2D eigenvalue weighted by Crippen LogP contribution is -1.96. The van der Waals surface area contributed by atoms with Crippen molar-refractivity contribution >= 4 is 10.9 Å². The van der Waals surface area contributed by atoms with Gasteiger partial charge in [0.2, 0.25) is 0 Å². The first kappa shape index (κ1) is 8.46. The highest BCUT2D eigenvalue weighted by Crippen LogP contribution is 2.30. The van der Waals surface area contributed by atoms with Crippen molar-refractivity contribution in [1.82, 2.24) is 15.0 Å². The number of hydrogen-bond donors (Lipinski definition) is 1. The van der Waals surface area contributed by atoms with E-state index >= 15 is 0 Å². The molecule has 0 unspecified atom stereocenters. The van der Waals surface area contributed by atoms with E-state index in [9.17, 15) is 0 Å². The van der Waals surface area contributed by atoms with Gasteiger partial charge < -0.3 is 0 Å². The van der Waals surface area contributed by atoms with E-state index in [-0.39, 0.29) is 10.9 Å². The molecule has 0 fully saturated rings. The third-order valence-corrected chi connectivity index (χ3v) is 3.85. The summed E-state index contributed by atoms with van der Waals surface area (Å²) in [5, 5.41) is 0.986. The van der Waals surface area contributed by atoms with E-state index in [0.717, 1.165) is 16.7 Å². The van der Waals surface area contributed by atoms with Crippen molar-refractivity contribution in [3.8, 4) is 0 Å². The topological polar surface area (TPSA) is 38.7 Å². The van der Waals surface area contributed by atoms with Crippen LogP contribution >= 0.6 is 10.9 Å². The number of hydrogen-bond acceptors (Lipinski definition) is 3. The molecule has 0 aromatic carbocycles. The minimum atomic E-state index is -0.114. The average molecular weight is 171 g/mol. The zero-order valence-electron chi connectivity index (χ0n) is 6.86. The Kier molecular flexibility index (Phi) is 3.29. The van der Waals surface area contributed by atoms with Crippen molar-refractivity contribution in [1.29, 1.82) is 0 Å². The largest absolute Gasteiger partial charge is 0.225 e. The smallest absolute Gasteiger partial charge is 0.170 e. The van der Waals surface area contributed by atoms with Gasteiger partial charge in [-0.1, -0.05) is 13.8 Å². The van der Waals surface area contributed by atoms with Crippen LogP contribution in [-0.4, -0.2) is 26.5 Å². The molecule has 0 aliphatic carbocycles. The summed E-state index contributed by atoms with van der Waals surface area (Å²) in [5.41, 5.74) is 0. The van der Waals surface area contributed by atoms with Gasteiger partial charge in [-0.3, -0.25) is 0 Å². The lowest BCUT2D eigenvalue weighted by Gasteiger charge is -2.13. The molecule has 11 heavy (non-hydrogen) atoms. The van der Waals surface area contributed by atoms with Crippen molar-refractivity contribution in [2.45, 2.75) is 19.0 Å². The van der Waals surface area contributed by atoms with Crippen molar-refractivity contribution in [2.24, 2.45) is 0 Å². The molecule has 1 rings (SSSR count). The molecule has 1 aromatic rings. The molecule has 1 heterocycles. The fourth-order valence-electron chi connectivity index (χ4n) is 0.903. The predicted octanol–water partition coefficient (Wildman–Crippen LogP) is 1.27. The minimum Gasteiger partial charge on any atom is -0.225 e. The van der Waals surface area contributed by atoms with Gasteiger partial charge in [0.25, 0.3) is 0 Å². The molecular weight excluding hydrogens is 158 g/mol. The predicted molar refractivity (Wildman–Crippen MR) is 48.2 cm³/mol. The summed E-state index contributed by atoms with van der Waals surface area (Å²) in [6.45, 7) is 4.36. The minimum absolute atomic E-state index is 0.114. The molecular formula is C7H13N3S. The molecule has 0 amide bonds. The third-order valence-electron chi connectivity index (χ3n) is 1.53. The van der Waals surface area contributed by atoms with Gasteiger partial charge in [-0.2, -0.15) is 10.9 Å². The van der Waals surface area contributed by atoms with E-state index in [2.05, 4.69) is 28.8 Å². The molecule has 0 radical (unpaired) electrons. The Morgan fingerprint density at radius 1 is 1.18 bits per heavy atom. The molecule has 0 bridgehead atoms. The van der Waals surface area contributed by atoms with Crippen LogP contribution in [0.2, 0.25) is 0 Å². The second kappa shape index (κ2) is 4.28. The summed E-state index contributed by atoms with van der Waals surface area (Å²) in [6.07, 6.45) is 3.14. The molecule has 0 saturated heterocycles. The number of thiol groups is 1. The van der Waals surface area contributed by atoms with Crippen molar-refractivity contribution in [3.63, 3.8) is 0 Å². The van der Waals surface area contributed by atoms with Gasteiger partial charge >= 0.3 is 0 Å². The Hall–Kier alpha value is -0.640. The standard InChI is InChI=1S/C7H13N3S/c1-3-11(4-2)7-9-5-8-6-10-7/h5-6,11H,3-4H2,1-2H3. The van der Waals surface area contributed by atoms with Gasteiger partial charge in [0.1, 0.15) is 12.7 Å². The lowest BCUT2D eigenvalue weighted by molar-refractivity contribution is 0.896. The van der Waals surface area contributed by atoms with Crippen LogP contribution in [0.4, 0.5) is 0 Å². The zero-order valence-corrected chi connectivity index (χ0v) is 7.75. The summed E-state index contributed by atoms with van der Waals surface area (Å²) in [5.74, 6) is 2.33. The van der Waals surface area contributed by atoms with E-state index < -0.39 is 0 Å². The molecule has 0 aliphatic rings. The van der Waals surface area contributed by atoms with Crippen LogP contribution in [0.15, 0.2) is 17.8 Å².